The largest absolute Gasteiger partial charge is 0.348 e. The maximum atomic E-state index is 12.7. The standard InChI is InChI=1S/C20H18N4OS2/c25-18(22-14-6-7-15-13(11-14)5-4-8-21-15)16-12-17-19(26-16)23-20(27-17)24-9-2-1-3-10-24/h4-8,11-12H,1-3,9-10H2,(H,22,25). The molecule has 1 fully saturated rings. The van der Waals surface area contributed by atoms with Crippen LogP contribution in [0.2, 0.25) is 0 Å². The summed E-state index contributed by atoms with van der Waals surface area (Å²) >= 11 is 3.15. The quantitative estimate of drug-likeness (QED) is 0.522. The van der Waals surface area contributed by atoms with E-state index in [4.69, 9.17) is 4.98 Å². The molecule has 1 amide bonds. The molecule has 4 aromatic rings. The van der Waals surface area contributed by atoms with E-state index in [1.165, 1.54) is 30.6 Å². The van der Waals surface area contributed by atoms with Crippen molar-refractivity contribution >= 4 is 59.8 Å². The number of nitrogens with one attached hydrogen (secondary N) is 1. The molecule has 0 radical (unpaired) electrons. The Morgan fingerprint density at radius 1 is 1.07 bits per heavy atom. The first-order valence-corrected chi connectivity index (χ1v) is 10.7. The zero-order chi connectivity index (χ0) is 18.2. The van der Waals surface area contributed by atoms with Crippen LogP contribution in [0.3, 0.4) is 0 Å². The zero-order valence-corrected chi connectivity index (χ0v) is 16.3. The van der Waals surface area contributed by atoms with Crippen molar-refractivity contribution in [3.63, 3.8) is 0 Å². The molecule has 3 aromatic heterocycles. The molecule has 27 heavy (non-hydrogen) atoms. The van der Waals surface area contributed by atoms with Crippen molar-refractivity contribution in [2.75, 3.05) is 23.3 Å². The van der Waals surface area contributed by atoms with E-state index in [0.717, 1.165) is 44.3 Å². The van der Waals surface area contributed by atoms with E-state index < -0.39 is 0 Å². The fraction of sp³-hybridized carbons (Fsp3) is 0.250. The number of piperidine rings is 1. The molecule has 0 saturated carbocycles. The van der Waals surface area contributed by atoms with Crippen molar-refractivity contribution in [1.29, 1.82) is 0 Å². The normalized spacial score (nSPS) is 14.7. The highest BCUT2D eigenvalue weighted by molar-refractivity contribution is 7.29. The number of carbonyl (C=O) groups is 1. The van der Waals surface area contributed by atoms with E-state index in [-0.39, 0.29) is 5.91 Å². The maximum Gasteiger partial charge on any atom is 0.265 e. The first-order chi connectivity index (χ1) is 13.3. The van der Waals surface area contributed by atoms with Crippen molar-refractivity contribution in [2.45, 2.75) is 19.3 Å². The summed E-state index contributed by atoms with van der Waals surface area (Å²) in [6, 6.07) is 11.6. The summed E-state index contributed by atoms with van der Waals surface area (Å²) in [6.07, 6.45) is 5.56. The molecule has 0 atom stereocenters. The molecule has 0 unspecified atom stereocenters. The van der Waals surface area contributed by atoms with Crippen LogP contribution < -0.4 is 10.2 Å². The Kier molecular flexibility index (Phi) is 4.26. The number of hydrogen-bond acceptors (Lipinski definition) is 6. The van der Waals surface area contributed by atoms with Crippen LogP contribution in [-0.2, 0) is 0 Å². The number of thiazole rings is 1. The highest BCUT2D eigenvalue weighted by Crippen LogP contribution is 2.35. The number of fused-ring (bicyclic) bond motifs is 2. The lowest BCUT2D eigenvalue weighted by atomic mass is 10.1. The number of amides is 1. The molecule has 4 heterocycles. The Morgan fingerprint density at radius 3 is 2.81 bits per heavy atom. The van der Waals surface area contributed by atoms with Crippen LogP contribution in [0.5, 0.6) is 0 Å². The molecule has 136 valence electrons. The number of nitrogens with zero attached hydrogens (tertiary/aromatic N) is 3. The minimum atomic E-state index is -0.0898. The number of pyridine rings is 1. The second-order valence-corrected chi connectivity index (χ2v) is 8.73. The molecule has 5 nitrogen and oxygen atoms in total. The van der Waals surface area contributed by atoms with Gasteiger partial charge in [-0.1, -0.05) is 17.4 Å². The average molecular weight is 395 g/mol. The molecule has 1 N–H and O–H groups in total. The van der Waals surface area contributed by atoms with Gasteiger partial charge in [-0.15, -0.1) is 11.3 Å². The average Bonchev–Trinajstić information content (AvgIpc) is 3.28. The Hall–Kier alpha value is -2.51. The number of anilines is 2. The molecular weight excluding hydrogens is 376 g/mol. The second-order valence-electron chi connectivity index (χ2n) is 6.69. The van der Waals surface area contributed by atoms with Gasteiger partial charge in [-0.2, -0.15) is 0 Å². The first-order valence-electron chi connectivity index (χ1n) is 9.08. The summed E-state index contributed by atoms with van der Waals surface area (Å²) in [5, 5.41) is 5.09. The van der Waals surface area contributed by atoms with Gasteiger partial charge in [-0.3, -0.25) is 9.78 Å². The predicted octanol–water partition coefficient (Wildman–Crippen LogP) is 5.15. The van der Waals surface area contributed by atoms with E-state index in [1.807, 2.05) is 36.4 Å². The number of carbonyl (C=O) groups excluding carboxylic acids is 1. The van der Waals surface area contributed by atoms with Crippen molar-refractivity contribution in [2.24, 2.45) is 0 Å². The SMILES string of the molecule is O=C(Nc1ccc2ncccc2c1)c1cc2sc(N3CCCCC3)nc2s1. The second kappa shape index (κ2) is 6.90. The van der Waals surface area contributed by atoms with Crippen molar-refractivity contribution in [3.8, 4) is 0 Å². The van der Waals surface area contributed by atoms with E-state index in [1.54, 1.807) is 17.5 Å². The monoisotopic (exact) mass is 394 g/mol. The van der Waals surface area contributed by atoms with Gasteiger partial charge in [-0.05, 0) is 49.6 Å². The van der Waals surface area contributed by atoms with Crippen LogP contribution in [0.25, 0.3) is 20.4 Å². The summed E-state index contributed by atoms with van der Waals surface area (Å²) in [5.41, 5.74) is 1.70. The lowest BCUT2D eigenvalue weighted by molar-refractivity contribution is 0.103. The van der Waals surface area contributed by atoms with Crippen LogP contribution in [0.4, 0.5) is 10.8 Å². The minimum absolute atomic E-state index is 0.0898. The molecule has 5 rings (SSSR count). The molecular formula is C20H18N4OS2. The summed E-state index contributed by atoms with van der Waals surface area (Å²) in [4.78, 5) is 25.7. The number of rotatable bonds is 3. The van der Waals surface area contributed by atoms with Crippen LogP contribution >= 0.6 is 22.7 Å². The van der Waals surface area contributed by atoms with Gasteiger partial charge in [0.25, 0.3) is 5.91 Å². The summed E-state index contributed by atoms with van der Waals surface area (Å²) in [7, 11) is 0. The third-order valence-electron chi connectivity index (χ3n) is 4.79. The maximum absolute atomic E-state index is 12.7. The Labute approximate surface area is 164 Å². The van der Waals surface area contributed by atoms with E-state index in [0.29, 0.717) is 4.88 Å². The smallest absolute Gasteiger partial charge is 0.265 e. The molecule has 0 aliphatic carbocycles. The van der Waals surface area contributed by atoms with Crippen LogP contribution in [0.1, 0.15) is 28.9 Å². The number of aromatic nitrogens is 2. The van der Waals surface area contributed by atoms with Gasteiger partial charge in [0.15, 0.2) is 5.13 Å². The number of benzene rings is 1. The fourth-order valence-corrected chi connectivity index (χ4v) is 5.56. The lowest BCUT2D eigenvalue weighted by Gasteiger charge is -2.25. The van der Waals surface area contributed by atoms with Crippen LogP contribution in [0.15, 0.2) is 42.6 Å². The number of thiophene rings is 1. The summed E-state index contributed by atoms with van der Waals surface area (Å²) in [6.45, 7) is 2.18. The third-order valence-corrected chi connectivity index (χ3v) is 7.01. The van der Waals surface area contributed by atoms with Crippen LogP contribution in [0, 0.1) is 0 Å². The summed E-state index contributed by atoms with van der Waals surface area (Å²) in [5.74, 6) is -0.0898. The van der Waals surface area contributed by atoms with Crippen molar-refractivity contribution in [3.05, 3.63) is 47.5 Å². The Balaban J connectivity index is 1.36. The van der Waals surface area contributed by atoms with Gasteiger partial charge in [-0.25, -0.2) is 4.98 Å². The van der Waals surface area contributed by atoms with Gasteiger partial charge < -0.3 is 10.2 Å². The molecule has 1 saturated heterocycles. The van der Waals surface area contributed by atoms with Gasteiger partial charge in [0, 0.05) is 30.4 Å². The van der Waals surface area contributed by atoms with Gasteiger partial charge in [0.1, 0.15) is 4.83 Å². The Morgan fingerprint density at radius 2 is 1.96 bits per heavy atom. The molecule has 0 spiro atoms. The molecule has 1 aromatic carbocycles. The van der Waals surface area contributed by atoms with E-state index >= 15 is 0 Å². The zero-order valence-electron chi connectivity index (χ0n) is 14.6. The molecule has 7 heteroatoms. The van der Waals surface area contributed by atoms with Crippen molar-refractivity contribution < 1.29 is 4.79 Å². The lowest BCUT2D eigenvalue weighted by Crippen LogP contribution is -2.29. The topological polar surface area (TPSA) is 58.1 Å². The third kappa shape index (κ3) is 3.28. The highest BCUT2D eigenvalue weighted by Gasteiger charge is 2.18. The molecule has 1 aliphatic heterocycles. The van der Waals surface area contributed by atoms with Gasteiger partial charge in [0.2, 0.25) is 0 Å². The predicted molar refractivity (Wildman–Crippen MR) is 113 cm³/mol. The van der Waals surface area contributed by atoms with E-state index in [2.05, 4.69) is 15.2 Å². The highest BCUT2D eigenvalue weighted by atomic mass is 32.1. The van der Waals surface area contributed by atoms with Crippen LogP contribution in [-0.4, -0.2) is 29.0 Å². The van der Waals surface area contributed by atoms with Crippen molar-refractivity contribution in [1.82, 2.24) is 9.97 Å². The molecule has 0 bridgehead atoms. The minimum Gasteiger partial charge on any atom is -0.348 e. The summed E-state index contributed by atoms with van der Waals surface area (Å²) < 4.78 is 1.09. The number of hydrogen-bond donors (Lipinski definition) is 1. The fourth-order valence-electron chi connectivity index (χ4n) is 3.40. The first kappa shape index (κ1) is 16.6. The van der Waals surface area contributed by atoms with Gasteiger partial charge >= 0.3 is 0 Å². The Bertz CT molecular complexity index is 1100. The molecule has 1 aliphatic rings. The van der Waals surface area contributed by atoms with Gasteiger partial charge in [0.05, 0.1) is 15.1 Å². The van der Waals surface area contributed by atoms with E-state index in [9.17, 15) is 4.79 Å².